The first-order valence-corrected chi connectivity index (χ1v) is 7.32. The van der Waals surface area contributed by atoms with Crippen molar-refractivity contribution in [3.8, 4) is 5.69 Å². The minimum absolute atomic E-state index is 0.711. The number of fused-ring (bicyclic) bond motifs is 1. The molecule has 0 fully saturated rings. The molecule has 2 aromatic heterocycles. The Morgan fingerprint density at radius 1 is 1.35 bits per heavy atom. The average molecular weight is 288 g/mol. The predicted octanol–water partition coefficient (Wildman–Crippen LogP) is 2.22. The smallest absolute Gasteiger partial charge is 0.0813 e. The van der Waals surface area contributed by atoms with Gasteiger partial charge in [0.25, 0.3) is 0 Å². The molecule has 20 heavy (non-hydrogen) atoms. The third-order valence-corrected chi connectivity index (χ3v) is 3.80. The molecule has 0 radical (unpaired) electrons. The largest absolute Gasteiger partial charge is 0.383 e. The summed E-state index contributed by atoms with van der Waals surface area (Å²) < 4.78 is 8.07. The molecular weight excluding hydrogens is 272 g/mol. The summed E-state index contributed by atoms with van der Waals surface area (Å²) in [7, 11) is 1.70. The summed E-state index contributed by atoms with van der Waals surface area (Å²) in [5, 5.41) is 7.85. The number of aromatic nitrogens is 3. The van der Waals surface area contributed by atoms with Gasteiger partial charge in [0, 0.05) is 26.4 Å². The first-order valence-electron chi connectivity index (χ1n) is 6.44. The van der Waals surface area contributed by atoms with Crippen molar-refractivity contribution in [2.75, 3.05) is 20.3 Å². The van der Waals surface area contributed by atoms with Crippen LogP contribution < -0.4 is 5.32 Å². The SMILES string of the molecule is COCCNCc1ccn(-c2ccc3ncsc3c2)n1. The van der Waals surface area contributed by atoms with E-state index in [9.17, 15) is 0 Å². The maximum Gasteiger partial charge on any atom is 0.0813 e. The molecule has 0 spiro atoms. The second-order valence-corrected chi connectivity index (χ2v) is 5.31. The Bertz CT molecular complexity index is 691. The molecule has 0 saturated carbocycles. The van der Waals surface area contributed by atoms with Crippen molar-refractivity contribution in [1.29, 1.82) is 0 Å². The van der Waals surface area contributed by atoms with E-state index in [0.29, 0.717) is 6.61 Å². The van der Waals surface area contributed by atoms with Crippen molar-refractivity contribution in [3.63, 3.8) is 0 Å². The average Bonchev–Trinajstić information content (AvgIpc) is 3.11. The lowest BCUT2D eigenvalue weighted by Crippen LogP contribution is -2.18. The van der Waals surface area contributed by atoms with Crippen molar-refractivity contribution >= 4 is 21.6 Å². The first kappa shape index (κ1) is 13.2. The minimum Gasteiger partial charge on any atom is -0.383 e. The molecule has 5 nitrogen and oxygen atoms in total. The Balaban J connectivity index is 1.72. The van der Waals surface area contributed by atoms with Gasteiger partial charge in [0.15, 0.2) is 0 Å². The fourth-order valence-corrected chi connectivity index (χ4v) is 2.69. The van der Waals surface area contributed by atoms with Crippen LogP contribution in [0.25, 0.3) is 15.9 Å². The molecule has 3 rings (SSSR count). The highest BCUT2D eigenvalue weighted by Gasteiger charge is 2.03. The summed E-state index contributed by atoms with van der Waals surface area (Å²) in [6.07, 6.45) is 1.98. The molecule has 0 unspecified atom stereocenters. The van der Waals surface area contributed by atoms with Gasteiger partial charge in [-0.25, -0.2) is 9.67 Å². The van der Waals surface area contributed by atoms with Crippen LogP contribution in [-0.4, -0.2) is 35.0 Å². The summed E-state index contributed by atoms with van der Waals surface area (Å²) in [5.74, 6) is 0. The number of ether oxygens (including phenoxy) is 1. The Kier molecular flexibility index (Phi) is 4.05. The quantitative estimate of drug-likeness (QED) is 0.707. The van der Waals surface area contributed by atoms with Crippen LogP contribution in [0.2, 0.25) is 0 Å². The Morgan fingerprint density at radius 2 is 2.30 bits per heavy atom. The summed E-state index contributed by atoms with van der Waals surface area (Å²) >= 11 is 1.64. The lowest BCUT2D eigenvalue weighted by atomic mass is 10.3. The maximum absolute atomic E-state index is 4.99. The molecule has 6 heteroatoms. The van der Waals surface area contributed by atoms with Gasteiger partial charge in [0.1, 0.15) is 0 Å². The zero-order valence-electron chi connectivity index (χ0n) is 11.2. The highest BCUT2D eigenvalue weighted by Crippen LogP contribution is 2.20. The fraction of sp³-hybridized carbons (Fsp3) is 0.286. The van der Waals surface area contributed by atoms with Gasteiger partial charge < -0.3 is 10.1 Å². The molecule has 0 atom stereocenters. The minimum atomic E-state index is 0.711. The number of benzene rings is 1. The summed E-state index contributed by atoms with van der Waals surface area (Å²) in [6, 6.07) is 8.20. The van der Waals surface area contributed by atoms with Crippen LogP contribution in [0.1, 0.15) is 5.69 Å². The highest BCUT2D eigenvalue weighted by atomic mass is 32.1. The van der Waals surface area contributed by atoms with E-state index in [4.69, 9.17) is 4.74 Å². The predicted molar refractivity (Wildman–Crippen MR) is 80.3 cm³/mol. The molecule has 0 aliphatic carbocycles. The Hall–Kier alpha value is -1.76. The molecular formula is C14H16N4OS. The van der Waals surface area contributed by atoms with Crippen LogP contribution in [-0.2, 0) is 11.3 Å². The van der Waals surface area contributed by atoms with E-state index in [1.54, 1.807) is 18.4 Å². The van der Waals surface area contributed by atoms with Gasteiger partial charge in [-0.3, -0.25) is 0 Å². The van der Waals surface area contributed by atoms with Crippen LogP contribution in [0.3, 0.4) is 0 Å². The van der Waals surface area contributed by atoms with E-state index in [0.717, 1.165) is 30.0 Å². The highest BCUT2D eigenvalue weighted by molar-refractivity contribution is 7.16. The molecule has 0 saturated heterocycles. The Morgan fingerprint density at radius 3 is 3.20 bits per heavy atom. The molecule has 0 amide bonds. The molecule has 2 heterocycles. The first-order chi connectivity index (χ1) is 9.86. The standard InChI is InChI=1S/C14H16N4OS/c1-19-7-5-15-9-11-4-6-18(17-11)12-2-3-13-14(8-12)20-10-16-13/h2-4,6,8,10,15H,5,7,9H2,1H3. The van der Waals surface area contributed by atoms with E-state index in [1.807, 2.05) is 34.6 Å². The van der Waals surface area contributed by atoms with Gasteiger partial charge in [0.2, 0.25) is 0 Å². The van der Waals surface area contributed by atoms with Gasteiger partial charge >= 0.3 is 0 Å². The fourth-order valence-electron chi connectivity index (χ4n) is 1.98. The van der Waals surface area contributed by atoms with Crippen LogP contribution in [0, 0.1) is 0 Å². The Labute approximate surface area is 121 Å². The van der Waals surface area contributed by atoms with Crippen molar-refractivity contribution in [2.45, 2.75) is 6.54 Å². The van der Waals surface area contributed by atoms with Gasteiger partial charge in [-0.05, 0) is 24.3 Å². The van der Waals surface area contributed by atoms with Gasteiger partial charge in [-0.15, -0.1) is 11.3 Å². The molecule has 104 valence electrons. The lowest BCUT2D eigenvalue weighted by Gasteiger charge is -2.02. The number of nitrogens with zero attached hydrogens (tertiary/aromatic N) is 3. The summed E-state index contributed by atoms with van der Waals surface area (Å²) in [5.41, 5.74) is 4.98. The number of methoxy groups -OCH3 is 1. The zero-order chi connectivity index (χ0) is 13.8. The summed E-state index contributed by atoms with van der Waals surface area (Å²) in [4.78, 5) is 4.28. The molecule has 1 aromatic carbocycles. The molecule has 0 aliphatic heterocycles. The van der Waals surface area contributed by atoms with E-state index in [2.05, 4.69) is 21.5 Å². The maximum atomic E-state index is 4.99. The van der Waals surface area contributed by atoms with Crippen molar-refractivity contribution in [2.24, 2.45) is 0 Å². The van der Waals surface area contributed by atoms with E-state index in [1.165, 1.54) is 4.70 Å². The topological polar surface area (TPSA) is 52.0 Å². The lowest BCUT2D eigenvalue weighted by molar-refractivity contribution is 0.199. The monoisotopic (exact) mass is 288 g/mol. The van der Waals surface area contributed by atoms with E-state index >= 15 is 0 Å². The second kappa shape index (κ2) is 6.13. The molecule has 0 bridgehead atoms. The molecule has 0 aliphatic rings. The second-order valence-electron chi connectivity index (χ2n) is 4.43. The zero-order valence-corrected chi connectivity index (χ0v) is 12.1. The van der Waals surface area contributed by atoms with Crippen molar-refractivity contribution < 1.29 is 4.74 Å². The van der Waals surface area contributed by atoms with Crippen LogP contribution in [0.15, 0.2) is 36.0 Å². The number of hydrogen-bond acceptors (Lipinski definition) is 5. The molecule has 3 aromatic rings. The third kappa shape index (κ3) is 2.87. The molecule has 1 N–H and O–H groups in total. The van der Waals surface area contributed by atoms with E-state index in [-0.39, 0.29) is 0 Å². The van der Waals surface area contributed by atoms with Crippen LogP contribution in [0.5, 0.6) is 0 Å². The van der Waals surface area contributed by atoms with E-state index < -0.39 is 0 Å². The van der Waals surface area contributed by atoms with Crippen LogP contribution >= 0.6 is 11.3 Å². The number of nitrogens with one attached hydrogen (secondary N) is 1. The number of hydrogen-bond donors (Lipinski definition) is 1. The van der Waals surface area contributed by atoms with Crippen LogP contribution in [0.4, 0.5) is 0 Å². The van der Waals surface area contributed by atoms with Gasteiger partial charge in [0.05, 0.1) is 33.7 Å². The number of thiazole rings is 1. The van der Waals surface area contributed by atoms with Crippen molar-refractivity contribution in [3.05, 3.63) is 41.7 Å². The third-order valence-electron chi connectivity index (χ3n) is 3.01. The van der Waals surface area contributed by atoms with Crippen molar-refractivity contribution in [1.82, 2.24) is 20.1 Å². The number of rotatable bonds is 6. The summed E-state index contributed by atoms with van der Waals surface area (Å²) in [6.45, 7) is 2.29. The normalized spacial score (nSPS) is 11.2. The van der Waals surface area contributed by atoms with Gasteiger partial charge in [-0.1, -0.05) is 0 Å². The van der Waals surface area contributed by atoms with Gasteiger partial charge in [-0.2, -0.15) is 5.10 Å².